The molecule has 0 bridgehead atoms. The van der Waals surface area contributed by atoms with Crippen molar-refractivity contribution in [2.75, 3.05) is 6.54 Å². The summed E-state index contributed by atoms with van der Waals surface area (Å²) >= 11 is 3.49. The fourth-order valence-electron chi connectivity index (χ4n) is 2.09. The third-order valence-corrected chi connectivity index (χ3v) is 3.79. The molecule has 2 aromatic carbocycles. The molecule has 3 nitrogen and oxygen atoms in total. The zero-order chi connectivity index (χ0) is 15.9. The molecule has 0 saturated carbocycles. The van der Waals surface area contributed by atoms with Crippen LogP contribution in [0.1, 0.15) is 23.6 Å². The molecule has 0 aromatic heterocycles. The van der Waals surface area contributed by atoms with Gasteiger partial charge in [-0.05, 0) is 37.6 Å². The van der Waals surface area contributed by atoms with Gasteiger partial charge in [0.15, 0.2) is 0 Å². The highest BCUT2D eigenvalue weighted by Gasteiger charge is 2.06. The number of hydrogen-bond acceptors (Lipinski definition) is 3. The number of ether oxygens (including phenoxy) is 1. The van der Waals surface area contributed by atoms with E-state index in [1.807, 2.05) is 18.2 Å². The molecule has 1 atom stereocenters. The fraction of sp³-hybridized carbons (Fsp3) is 0.333. The first-order valence-corrected chi connectivity index (χ1v) is 8.19. The molecule has 4 heteroatoms. The fourth-order valence-corrected chi connectivity index (χ4v) is 2.50. The lowest BCUT2D eigenvalue weighted by Gasteiger charge is -2.14. The van der Waals surface area contributed by atoms with Crippen molar-refractivity contribution < 1.29 is 9.84 Å². The Morgan fingerprint density at radius 1 is 1.18 bits per heavy atom. The molecular formula is C18H22BrNO2. The van der Waals surface area contributed by atoms with Crippen LogP contribution in [-0.2, 0) is 13.2 Å². The van der Waals surface area contributed by atoms with E-state index in [-0.39, 0.29) is 6.10 Å². The van der Waals surface area contributed by atoms with Crippen molar-refractivity contribution in [3.8, 4) is 5.75 Å². The third kappa shape index (κ3) is 5.44. The molecule has 0 unspecified atom stereocenters. The summed E-state index contributed by atoms with van der Waals surface area (Å²) in [5, 5.41) is 12.5. The Balaban J connectivity index is 2.01. The van der Waals surface area contributed by atoms with Crippen molar-refractivity contribution in [2.24, 2.45) is 0 Å². The van der Waals surface area contributed by atoms with Crippen molar-refractivity contribution in [1.82, 2.24) is 5.32 Å². The van der Waals surface area contributed by atoms with E-state index in [9.17, 15) is 5.11 Å². The van der Waals surface area contributed by atoms with Gasteiger partial charge >= 0.3 is 0 Å². The minimum atomic E-state index is -0.357. The minimum Gasteiger partial charge on any atom is -0.489 e. The number of halogens is 1. The van der Waals surface area contributed by atoms with Crippen LogP contribution in [0, 0.1) is 6.92 Å². The molecule has 118 valence electrons. The Morgan fingerprint density at radius 3 is 2.59 bits per heavy atom. The second kappa shape index (κ2) is 8.32. The lowest BCUT2D eigenvalue weighted by molar-refractivity contribution is 0.190. The third-order valence-electron chi connectivity index (χ3n) is 3.29. The summed E-state index contributed by atoms with van der Waals surface area (Å²) in [6.45, 7) is 5.61. The van der Waals surface area contributed by atoms with Crippen LogP contribution in [-0.4, -0.2) is 17.8 Å². The number of hydrogen-bond donors (Lipinski definition) is 2. The van der Waals surface area contributed by atoms with Crippen molar-refractivity contribution in [1.29, 1.82) is 0 Å². The Hall–Kier alpha value is -1.36. The van der Waals surface area contributed by atoms with Gasteiger partial charge in [0.1, 0.15) is 12.4 Å². The molecule has 0 radical (unpaired) electrons. The van der Waals surface area contributed by atoms with E-state index in [0.717, 1.165) is 21.3 Å². The number of aliphatic hydroxyl groups is 1. The Morgan fingerprint density at radius 2 is 1.91 bits per heavy atom. The number of rotatable bonds is 7. The summed E-state index contributed by atoms with van der Waals surface area (Å²) in [7, 11) is 0. The Bertz CT molecular complexity index is 597. The van der Waals surface area contributed by atoms with Crippen molar-refractivity contribution >= 4 is 15.9 Å². The van der Waals surface area contributed by atoms with Gasteiger partial charge in [-0.3, -0.25) is 0 Å². The van der Waals surface area contributed by atoms with E-state index >= 15 is 0 Å². The van der Waals surface area contributed by atoms with Crippen LogP contribution in [0.25, 0.3) is 0 Å². The number of aliphatic hydroxyl groups excluding tert-OH is 1. The first kappa shape index (κ1) is 17.0. The van der Waals surface area contributed by atoms with E-state index in [4.69, 9.17) is 4.74 Å². The first-order valence-electron chi connectivity index (χ1n) is 7.40. The normalized spacial score (nSPS) is 12.2. The summed E-state index contributed by atoms with van der Waals surface area (Å²) in [5.41, 5.74) is 3.47. The van der Waals surface area contributed by atoms with Crippen LogP contribution < -0.4 is 10.1 Å². The predicted octanol–water partition coefficient (Wildman–Crippen LogP) is 3.81. The monoisotopic (exact) mass is 363 g/mol. The van der Waals surface area contributed by atoms with E-state index in [0.29, 0.717) is 19.7 Å². The second-order valence-electron chi connectivity index (χ2n) is 5.51. The van der Waals surface area contributed by atoms with Gasteiger partial charge in [0.2, 0.25) is 0 Å². The summed E-state index contributed by atoms with van der Waals surface area (Å²) in [6, 6.07) is 14.3. The van der Waals surface area contributed by atoms with Crippen LogP contribution in [0.5, 0.6) is 5.75 Å². The first-order chi connectivity index (χ1) is 10.5. The zero-order valence-corrected chi connectivity index (χ0v) is 14.6. The average Bonchev–Trinajstić information content (AvgIpc) is 2.48. The molecule has 0 heterocycles. The molecule has 2 rings (SSSR count). The summed E-state index contributed by atoms with van der Waals surface area (Å²) in [5.74, 6) is 0.863. The molecule has 0 fully saturated rings. The molecule has 0 saturated heterocycles. The SMILES string of the molecule is Cc1ccc(COc2ccc(Br)cc2CNC[C@@H](C)O)cc1. The predicted molar refractivity (Wildman–Crippen MR) is 93.0 cm³/mol. The Labute approximate surface area is 140 Å². The molecule has 22 heavy (non-hydrogen) atoms. The van der Waals surface area contributed by atoms with Gasteiger partial charge in [-0.1, -0.05) is 45.8 Å². The van der Waals surface area contributed by atoms with Crippen molar-refractivity contribution in [3.05, 3.63) is 63.6 Å². The molecule has 2 aromatic rings. The standard InChI is InChI=1S/C18H22BrNO2/c1-13-3-5-15(6-4-13)12-22-18-8-7-17(19)9-16(18)11-20-10-14(2)21/h3-9,14,20-21H,10-12H2,1-2H3/t14-/m1/s1. The highest BCUT2D eigenvalue weighted by atomic mass is 79.9. The van der Waals surface area contributed by atoms with Crippen molar-refractivity contribution in [2.45, 2.75) is 33.1 Å². The molecule has 0 aliphatic rings. The lowest BCUT2D eigenvalue weighted by Crippen LogP contribution is -2.24. The minimum absolute atomic E-state index is 0.357. The van der Waals surface area contributed by atoms with Crippen molar-refractivity contribution in [3.63, 3.8) is 0 Å². The highest BCUT2D eigenvalue weighted by molar-refractivity contribution is 9.10. The van der Waals surface area contributed by atoms with E-state index in [1.165, 1.54) is 5.56 Å². The number of benzene rings is 2. The van der Waals surface area contributed by atoms with Crippen LogP contribution in [0.15, 0.2) is 46.9 Å². The van der Waals surface area contributed by atoms with Gasteiger partial charge in [-0.15, -0.1) is 0 Å². The van der Waals surface area contributed by atoms with Gasteiger partial charge in [0, 0.05) is 23.1 Å². The number of nitrogens with one attached hydrogen (secondary N) is 1. The van der Waals surface area contributed by atoms with Crippen LogP contribution in [0.2, 0.25) is 0 Å². The molecular weight excluding hydrogens is 342 g/mol. The number of aryl methyl sites for hydroxylation is 1. The molecule has 0 aliphatic carbocycles. The van der Waals surface area contributed by atoms with Crippen LogP contribution >= 0.6 is 15.9 Å². The lowest BCUT2D eigenvalue weighted by atomic mass is 10.1. The quantitative estimate of drug-likeness (QED) is 0.785. The van der Waals surface area contributed by atoms with Gasteiger partial charge in [0.25, 0.3) is 0 Å². The van der Waals surface area contributed by atoms with Crippen LogP contribution in [0.3, 0.4) is 0 Å². The van der Waals surface area contributed by atoms with Gasteiger partial charge in [0.05, 0.1) is 6.10 Å². The summed E-state index contributed by atoms with van der Waals surface area (Å²) in [6.07, 6.45) is -0.357. The smallest absolute Gasteiger partial charge is 0.124 e. The van der Waals surface area contributed by atoms with E-state index in [2.05, 4.69) is 52.4 Å². The maximum absolute atomic E-state index is 9.33. The van der Waals surface area contributed by atoms with Gasteiger partial charge in [-0.25, -0.2) is 0 Å². The van der Waals surface area contributed by atoms with Gasteiger partial charge < -0.3 is 15.2 Å². The highest BCUT2D eigenvalue weighted by Crippen LogP contribution is 2.24. The molecule has 0 spiro atoms. The summed E-state index contributed by atoms with van der Waals surface area (Å²) in [4.78, 5) is 0. The largest absolute Gasteiger partial charge is 0.489 e. The van der Waals surface area contributed by atoms with Crippen LogP contribution in [0.4, 0.5) is 0 Å². The molecule has 0 aliphatic heterocycles. The summed E-state index contributed by atoms with van der Waals surface area (Å²) < 4.78 is 6.97. The second-order valence-corrected chi connectivity index (χ2v) is 6.42. The average molecular weight is 364 g/mol. The Kier molecular flexibility index (Phi) is 6.43. The topological polar surface area (TPSA) is 41.5 Å². The molecule has 2 N–H and O–H groups in total. The van der Waals surface area contributed by atoms with E-state index < -0.39 is 0 Å². The maximum atomic E-state index is 9.33. The van der Waals surface area contributed by atoms with E-state index in [1.54, 1.807) is 6.92 Å². The maximum Gasteiger partial charge on any atom is 0.124 e. The zero-order valence-electron chi connectivity index (χ0n) is 13.0. The molecule has 0 amide bonds. The van der Waals surface area contributed by atoms with Gasteiger partial charge in [-0.2, -0.15) is 0 Å².